The van der Waals surface area contributed by atoms with Crippen molar-refractivity contribution >= 4 is 0 Å². The highest BCUT2D eigenvalue weighted by atomic mass is 14.7. The molecule has 3 rings (SSSR count). The lowest BCUT2D eigenvalue weighted by Crippen LogP contribution is -2.21. The third kappa shape index (κ3) is 0.992. The van der Waals surface area contributed by atoms with Gasteiger partial charge in [0.2, 0.25) is 0 Å². The van der Waals surface area contributed by atoms with E-state index in [1.54, 1.807) is 11.1 Å². The normalized spacial score (nSPS) is 34.2. The van der Waals surface area contributed by atoms with Gasteiger partial charge in [0, 0.05) is 0 Å². The van der Waals surface area contributed by atoms with Crippen LogP contribution in [0.25, 0.3) is 0 Å². The fourth-order valence-corrected chi connectivity index (χ4v) is 3.28. The van der Waals surface area contributed by atoms with Gasteiger partial charge in [-0.1, -0.05) is 24.3 Å². The average molecular weight is 187 g/mol. The quantitative estimate of drug-likeness (QED) is 0.717. The molecular formula is C13H17N. The van der Waals surface area contributed by atoms with Crippen LogP contribution in [-0.2, 0) is 11.8 Å². The Morgan fingerprint density at radius 3 is 3.00 bits per heavy atom. The molecule has 2 unspecified atom stereocenters. The third-order valence-electron chi connectivity index (χ3n) is 4.14. The van der Waals surface area contributed by atoms with Crippen LogP contribution < -0.4 is 5.73 Å². The predicted octanol–water partition coefficient (Wildman–Crippen LogP) is 2.24. The van der Waals surface area contributed by atoms with Gasteiger partial charge in [-0.2, -0.15) is 0 Å². The van der Waals surface area contributed by atoms with Crippen molar-refractivity contribution in [3.8, 4) is 0 Å². The summed E-state index contributed by atoms with van der Waals surface area (Å²) in [6.45, 7) is 0.869. The largest absolute Gasteiger partial charge is 0.330 e. The summed E-state index contributed by atoms with van der Waals surface area (Å²) in [5, 5.41) is 0. The Hall–Kier alpha value is -0.820. The second-order valence-corrected chi connectivity index (χ2v) is 4.80. The molecule has 0 saturated heterocycles. The Kier molecular flexibility index (Phi) is 1.72. The number of aryl methyl sites for hydroxylation is 1. The highest BCUT2D eigenvalue weighted by molar-refractivity contribution is 5.42. The highest BCUT2D eigenvalue weighted by Gasteiger charge is 2.55. The van der Waals surface area contributed by atoms with E-state index in [4.69, 9.17) is 5.73 Å². The molecule has 1 aromatic rings. The van der Waals surface area contributed by atoms with Gasteiger partial charge in [-0.05, 0) is 54.7 Å². The first-order valence-electron chi connectivity index (χ1n) is 5.65. The Labute approximate surface area is 85.3 Å². The van der Waals surface area contributed by atoms with E-state index in [2.05, 4.69) is 24.3 Å². The van der Waals surface area contributed by atoms with E-state index in [1.807, 2.05) is 0 Å². The maximum atomic E-state index is 5.80. The molecule has 2 aliphatic rings. The van der Waals surface area contributed by atoms with E-state index in [1.165, 1.54) is 25.7 Å². The molecule has 2 aliphatic carbocycles. The van der Waals surface area contributed by atoms with Crippen LogP contribution in [0.15, 0.2) is 24.3 Å². The van der Waals surface area contributed by atoms with E-state index in [0.717, 1.165) is 12.5 Å². The molecule has 0 bridgehead atoms. The predicted molar refractivity (Wildman–Crippen MR) is 58.2 cm³/mol. The summed E-state index contributed by atoms with van der Waals surface area (Å²) in [5.41, 5.74) is 9.49. The van der Waals surface area contributed by atoms with Crippen LogP contribution in [0.2, 0.25) is 0 Å². The smallest absolute Gasteiger partial charge is 0.0000168 e. The van der Waals surface area contributed by atoms with Gasteiger partial charge in [0.25, 0.3) is 0 Å². The van der Waals surface area contributed by atoms with Crippen LogP contribution in [0.4, 0.5) is 0 Å². The number of rotatable bonds is 1. The van der Waals surface area contributed by atoms with E-state index in [9.17, 15) is 0 Å². The van der Waals surface area contributed by atoms with Gasteiger partial charge in [0.1, 0.15) is 0 Å². The second kappa shape index (κ2) is 2.83. The van der Waals surface area contributed by atoms with Crippen LogP contribution in [0.5, 0.6) is 0 Å². The maximum Gasteiger partial charge on any atom is -0.0000168 e. The molecule has 1 nitrogen and oxygen atoms in total. The van der Waals surface area contributed by atoms with Crippen molar-refractivity contribution in [2.45, 2.75) is 31.1 Å². The van der Waals surface area contributed by atoms with Gasteiger partial charge in [0.05, 0.1) is 0 Å². The second-order valence-electron chi connectivity index (χ2n) is 4.80. The minimum Gasteiger partial charge on any atom is -0.330 e. The molecule has 0 heterocycles. The fraction of sp³-hybridized carbons (Fsp3) is 0.538. The molecule has 1 heteroatoms. The van der Waals surface area contributed by atoms with Gasteiger partial charge >= 0.3 is 0 Å². The van der Waals surface area contributed by atoms with E-state index >= 15 is 0 Å². The Morgan fingerprint density at radius 2 is 2.21 bits per heavy atom. The first-order chi connectivity index (χ1) is 6.87. The number of benzene rings is 1. The standard InChI is InChI=1S/C13H17N/c14-9-11-8-13(11)7-3-5-10-4-1-2-6-12(10)13/h1-2,4,6,11H,3,5,7-9,14H2. The summed E-state index contributed by atoms with van der Waals surface area (Å²) in [7, 11) is 0. The van der Waals surface area contributed by atoms with E-state index in [0.29, 0.717) is 5.41 Å². The first-order valence-corrected chi connectivity index (χ1v) is 5.65. The van der Waals surface area contributed by atoms with E-state index in [-0.39, 0.29) is 0 Å². The summed E-state index contributed by atoms with van der Waals surface area (Å²) in [4.78, 5) is 0. The van der Waals surface area contributed by atoms with Gasteiger partial charge < -0.3 is 5.73 Å². The summed E-state index contributed by atoms with van der Waals surface area (Å²) >= 11 is 0. The zero-order valence-electron chi connectivity index (χ0n) is 8.50. The zero-order chi connectivity index (χ0) is 9.60. The Balaban J connectivity index is 2.05. The molecule has 0 aliphatic heterocycles. The first kappa shape index (κ1) is 8.49. The number of hydrogen-bond acceptors (Lipinski definition) is 1. The number of fused-ring (bicyclic) bond motifs is 2. The molecule has 0 aromatic heterocycles. The molecule has 1 fully saturated rings. The van der Waals surface area contributed by atoms with Gasteiger partial charge in [0.15, 0.2) is 0 Å². The van der Waals surface area contributed by atoms with Crippen molar-refractivity contribution in [2.75, 3.05) is 6.54 Å². The van der Waals surface area contributed by atoms with Crippen LogP contribution >= 0.6 is 0 Å². The van der Waals surface area contributed by atoms with Crippen LogP contribution in [0, 0.1) is 5.92 Å². The van der Waals surface area contributed by atoms with Crippen molar-refractivity contribution in [2.24, 2.45) is 11.7 Å². The molecule has 1 spiro atoms. The maximum absolute atomic E-state index is 5.80. The van der Waals surface area contributed by atoms with Gasteiger partial charge in [-0.25, -0.2) is 0 Å². The molecule has 0 amide bonds. The number of hydrogen-bond donors (Lipinski definition) is 1. The molecule has 14 heavy (non-hydrogen) atoms. The summed E-state index contributed by atoms with van der Waals surface area (Å²) in [6.07, 6.45) is 5.33. The molecule has 74 valence electrons. The molecular weight excluding hydrogens is 170 g/mol. The average Bonchev–Trinajstić information content (AvgIpc) is 2.94. The fourth-order valence-electron chi connectivity index (χ4n) is 3.28. The SMILES string of the molecule is NCC1CC12CCCc1ccccc12. The van der Waals surface area contributed by atoms with Crippen LogP contribution in [-0.4, -0.2) is 6.54 Å². The molecule has 2 N–H and O–H groups in total. The zero-order valence-corrected chi connectivity index (χ0v) is 8.50. The highest BCUT2D eigenvalue weighted by Crippen LogP contribution is 2.59. The molecule has 1 saturated carbocycles. The number of nitrogens with two attached hydrogens (primary N) is 1. The lowest BCUT2D eigenvalue weighted by atomic mass is 9.79. The summed E-state index contributed by atoms with van der Waals surface area (Å²) in [5.74, 6) is 0.768. The third-order valence-corrected chi connectivity index (χ3v) is 4.14. The minimum atomic E-state index is 0.504. The van der Waals surface area contributed by atoms with Crippen molar-refractivity contribution in [3.63, 3.8) is 0 Å². The van der Waals surface area contributed by atoms with Crippen molar-refractivity contribution < 1.29 is 0 Å². The Morgan fingerprint density at radius 1 is 1.36 bits per heavy atom. The summed E-state index contributed by atoms with van der Waals surface area (Å²) in [6, 6.07) is 8.96. The molecule has 1 aromatic carbocycles. The Bertz CT molecular complexity index is 358. The minimum absolute atomic E-state index is 0.504. The van der Waals surface area contributed by atoms with Crippen molar-refractivity contribution in [3.05, 3.63) is 35.4 Å². The van der Waals surface area contributed by atoms with Gasteiger partial charge in [-0.3, -0.25) is 0 Å². The van der Waals surface area contributed by atoms with Crippen LogP contribution in [0.3, 0.4) is 0 Å². The molecule has 0 radical (unpaired) electrons. The lowest BCUT2D eigenvalue weighted by Gasteiger charge is -2.26. The molecule has 2 atom stereocenters. The van der Waals surface area contributed by atoms with Crippen molar-refractivity contribution in [1.82, 2.24) is 0 Å². The topological polar surface area (TPSA) is 26.0 Å². The van der Waals surface area contributed by atoms with E-state index < -0.39 is 0 Å². The van der Waals surface area contributed by atoms with Crippen LogP contribution in [0.1, 0.15) is 30.4 Å². The lowest BCUT2D eigenvalue weighted by molar-refractivity contribution is 0.499. The van der Waals surface area contributed by atoms with Gasteiger partial charge in [-0.15, -0.1) is 0 Å². The van der Waals surface area contributed by atoms with Crippen molar-refractivity contribution in [1.29, 1.82) is 0 Å². The monoisotopic (exact) mass is 187 g/mol. The summed E-state index contributed by atoms with van der Waals surface area (Å²) < 4.78 is 0.